The van der Waals surface area contributed by atoms with E-state index in [0.29, 0.717) is 35.8 Å². The molecule has 1 amide bonds. The summed E-state index contributed by atoms with van der Waals surface area (Å²) >= 11 is 5.87. The molecule has 0 saturated carbocycles. The number of nitrogen functional groups attached to an aromatic ring is 1. The van der Waals surface area contributed by atoms with Crippen molar-refractivity contribution in [2.75, 3.05) is 11.1 Å². The highest BCUT2D eigenvalue weighted by Gasteiger charge is 2.06. The van der Waals surface area contributed by atoms with Crippen LogP contribution in [-0.4, -0.2) is 15.7 Å². The largest absolute Gasteiger partial charge is 0.397 e. The maximum Gasteiger partial charge on any atom is 0.224 e. The predicted molar refractivity (Wildman–Crippen MR) is 80.7 cm³/mol. The van der Waals surface area contributed by atoms with Crippen molar-refractivity contribution in [3.8, 4) is 0 Å². The van der Waals surface area contributed by atoms with Gasteiger partial charge in [0.05, 0.1) is 17.1 Å². The lowest BCUT2D eigenvalue weighted by molar-refractivity contribution is -0.116. The van der Waals surface area contributed by atoms with Crippen LogP contribution < -0.4 is 11.1 Å². The molecule has 0 bridgehead atoms. The van der Waals surface area contributed by atoms with E-state index in [2.05, 4.69) is 10.4 Å². The number of benzene rings is 1. The molecule has 106 valence electrons. The van der Waals surface area contributed by atoms with Crippen LogP contribution in [0, 0.1) is 6.92 Å². The van der Waals surface area contributed by atoms with E-state index >= 15 is 0 Å². The number of carbonyl (C=O) groups excluding carboxylic acids is 1. The predicted octanol–water partition coefficient (Wildman–Crippen LogP) is 2.85. The van der Waals surface area contributed by atoms with Crippen molar-refractivity contribution in [2.45, 2.75) is 26.3 Å². The zero-order valence-corrected chi connectivity index (χ0v) is 12.0. The van der Waals surface area contributed by atoms with E-state index in [1.54, 1.807) is 18.2 Å². The minimum absolute atomic E-state index is 0.0807. The third kappa shape index (κ3) is 3.99. The summed E-state index contributed by atoms with van der Waals surface area (Å²) in [6.07, 6.45) is 3.03. The minimum Gasteiger partial charge on any atom is -0.397 e. The van der Waals surface area contributed by atoms with Gasteiger partial charge in [0.15, 0.2) is 0 Å². The number of aromatic nitrogens is 2. The summed E-state index contributed by atoms with van der Waals surface area (Å²) in [7, 11) is 0. The van der Waals surface area contributed by atoms with E-state index in [1.165, 1.54) is 0 Å². The molecule has 3 N–H and O–H groups in total. The van der Waals surface area contributed by atoms with E-state index in [9.17, 15) is 4.79 Å². The van der Waals surface area contributed by atoms with Crippen LogP contribution >= 0.6 is 11.6 Å². The summed E-state index contributed by atoms with van der Waals surface area (Å²) in [5.41, 5.74) is 7.80. The van der Waals surface area contributed by atoms with Crippen LogP contribution in [-0.2, 0) is 11.3 Å². The molecule has 0 saturated heterocycles. The van der Waals surface area contributed by atoms with Gasteiger partial charge in [-0.15, -0.1) is 0 Å². The number of nitrogens with one attached hydrogen (secondary N) is 1. The number of halogens is 1. The first kappa shape index (κ1) is 14.4. The molecule has 0 spiro atoms. The Kier molecular flexibility index (Phi) is 4.63. The molecule has 0 atom stereocenters. The van der Waals surface area contributed by atoms with Crippen molar-refractivity contribution in [3.63, 3.8) is 0 Å². The second-order valence-electron chi connectivity index (χ2n) is 4.60. The number of carbonyl (C=O) groups is 1. The zero-order chi connectivity index (χ0) is 14.5. The van der Waals surface area contributed by atoms with Crippen LogP contribution in [0.2, 0.25) is 5.02 Å². The van der Waals surface area contributed by atoms with Crippen LogP contribution in [0.15, 0.2) is 30.5 Å². The van der Waals surface area contributed by atoms with Gasteiger partial charge in [0.1, 0.15) is 0 Å². The molecule has 5 nitrogen and oxygen atoms in total. The van der Waals surface area contributed by atoms with Gasteiger partial charge in [0.25, 0.3) is 0 Å². The molecule has 0 radical (unpaired) electrons. The molecule has 1 heterocycles. The van der Waals surface area contributed by atoms with Crippen molar-refractivity contribution in [1.29, 1.82) is 0 Å². The second-order valence-corrected chi connectivity index (χ2v) is 5.04. The van der Waals surface area contributed by atoms with Gasteiger partial charge in [-0.2, -0.15) is 5.10 Å². The van der Waals surface area contributed by atoms with Crippen LogP contribution in [0.1, 0.15) is 18.5 Å². The third-order valence-electron chi connectivity index (χ3n) is 2.85. The molecular weight excluding hydrogens is 276 g/mol. The van der Waals surface area contributed by atoms with Gasteiger partial charge in [-0.05, 0) is 37.6 Å². The first-order valence-corrected chi connectivity index (χ1v) is 6.77. The van der Waals surface area contributed by atoms with Gasteiger partial charge < -0.3 is 11.1 Å². The highest BCUT2D eigenvalue weighted by Crippen LogP contribution is 2.23. The van der Waals surface area contributed by atoms with E-state index in [-0.39, 0.29) is 5.91 Å². The quantitative estimate of drug-likeness (QED) is 0.832. The van der Waals surface area contributed by atoms with E-state index in [0.717, 1.165) is 5.69 Å². The van der Waals surface area contributed by atoms with E-state index < -0.39 is 0 Å². The SMILES string of the molecule is Cc1ccn(CCCC(=O)Nc2cc(Cl)ccc2N)n1. The first-order valence-electron chi connectivity index (χ1n) is 6.39. The molecular formula is C14H17ClN4O. The molecule has 1 aromatic heterocycles. The van der Waals surface area contributed by atoms with Gasteiger partial charge in [0.2, 0.25) is 5.91 Å². The Balaban J connectivity index is 1.82. The highest BCUT2D eigenvalue weighted by atomic mass is 35.5. The lowest BCUT2D eigenvalue weighted by Gasteiger charge is -2.08. The molecule has 0 aliphatic carbocycles. The van der Waals surface area contributed by atoms with Gasteiger partial charge in [-0.25, -0.2) is 0 Å². The number of aryl methyl sites for hydroxylation is 2. The third-order valence-corrected chi connectivity index (χ3v) is 3.09. The fraction of sp³-hybridized carbons (Fsp3) is 0.286. The Hall–Kier alpha value is -2.01. The zero-order valence-electron chi connectivity index (χ0n) is 11.3. The molecule has 2 rings (SSSR count). The van der Waals surface area contributed by atoms with Crippen LogP contribution in [0.25, 0.3) is 0 Å². The number of hydrogen-bond acceptors (Lipinski definition) is 3. The molecule has 0 unspecified atom stereocenters. The summed E-state index contributed by atoms with van der Waals surface area (Å²) in [4.78, 5) is 11.8. The summed E-state index contributed by atoms with van der Waals surface area (Å²) in [5, 5.41) is 7.57. The average molecular weight is 293 g/mol. The second kappa shape index (κ2) is 6.43. The number of amides is 1. The standard InChI is InChI=1S/C14H17ClN4O/c1-10-6-8-19(18-10)7-2-3-14(20)17-13-9-11(15)4-5-12(13)16/h4-6,8-9H,2-3,7,16H2,1H3,(H,17,20). The number of hydrogen-bond donors (Lipinski definition) is 2. The van der Waals surface area contributed by atoms with E-state index in [1.807, 2.05) is 23.9 Å². The number of nitrogens with zero attached hydrogens (tertiary/aromatic N) is 2. The highest BCUT2D eigenvalue weighted by molar-refractivity contribution is 6.31. The van der Waals surface area contributed by atoms with Gasteiger partial charge in [0, 0.05) is 24.2 Å². The Morgan fingerprint density at radius 1 is 1.45 bits per heavy atom. The molecule has 20 heavy (non-hydrogen) atoms. The normalized spacial score (nSPS) is 10.5. The summed E-state index contributed by atoms with van der Waals surface area (Å²) in [6.45, 7) is 2.65. The Labute approximate surface area is 122 Å². The van der Waals surface area contributed by atoms with Crippen molar-refractivity contribution in [1.82, 2.24) is 9.78 Å². The van der Waals surface area contributed by atoms with Crippen molar-refractivity contribution in [3.05, 3.63) is 41.2 Å². The number of rotatable bonds is 5. The fourth-order valence-corrected chi connectivity index (χ4v) is 2.01. The minimum atomic E-state index is -0.0807. The van der Waals surface area contributed by atoms with Crippen molar-refractivity contribution >= 4 is 28.9 Å². The Morgan fingerprint density at radius 2 is 2.25 bits per heavy atom. The maximum atomic E-state index is 11.8. The fourth-order valence-electron chi connectivity index (χ4n) is 1.84. The van der Waals surface area contributed by atoms with Crippen molar-refractivity contribution in [2.24, 2.45) is 0 Å². The molecule has 0 aliphatic rings. The number of nitrogens with two attached hydrogens (primary N) is 1. The molecule has 0 aliphatic heterocycles. The molecule has 1 aromatic carbocycles. The smallest absolute Gasteiger partial charge is 0.224 e. The number of anilines is 2. The molecule has 6 heteroatoms. The van der Waals surface area contributed by atoms with Gasteiger partial charge in [-0.1, -0.05) is 11.6 Å². The molecule has 0 fully saturated rings. The van der Waals surface area contributed by atoms with Crippen LogP contribution in [0.3, 0.4) is 0 Å². The summed E-state index contributed by atoms with van der Waals surface area (Å²) in [5.74, 6) is -0.0807. The lowest BCUT2D eigenvalue weighted by Crippen LogP contribution is -2.13. The van der Waals surface area contributed by atoms with Crippen LogP contribution in [0.5, 0.6) is 0 Å². The monoisotopic (exact) mass is 292 g/mol. The van der Waals surface area contributed by atoms with Gasteiger partial charge >= 0.3 is 0 Å². The van der Waals surface area contributed by atoms with Crippen LogP contribution in [0.4, 0.5) is 11.4 Å². The Bertz CT molecular complexity index is 609. The molecule has 2 aromatic rings. The summed E-state index contributed by atoms with van der Waals surface area (Å²) < 4.78 is 1.83. The Morgan fingerprint density at radius 3 is 2.95 bits per heavy atom. The van der Waals surface area contributed by atoms with E-state index in [4.69, 9.17) is 17.3 Å². The summed E-state index contributed by atoms with van der Waals surface area (Å²) in [6, 6.07) is 6.94. The van der Waals surface area contributed by atoms with Crippen molar-refractivity contribution < 1.29 is 4.79 Å². The lowest BCUT2D eigenvalue weighted by atomic mass is 10.2. The average Bonchev–Trinajstić information content (AvgIpc) is 2.80. The van der Waals surface area contributed by atoms with Gasteiger partial charge in [-0.3, -0.25) is 9.48 Å². The topological polar surface area (TPSA) is 72.9 Å². The first-order chi connectivity index (χ1) is 9.54. The maximum absolute atomic E-state index is 11.8.